The molecule has 3 saturated heterocycles. The fourth-order valence-electron chi connectivity index (χ4n) is 13.8. The Kier molecular flexibility index (Phi) is 26.4. The molecule has 0 radical (unpaired) electrons. The molecular formula is C75H94ClF3N12O10S4. The molecule has 5 heterocycles. The number of hydrogen-bond acceptors (Lipinski definition) is 19. The molecule has 22 nitrogen and oxygen atoms in total. The second kappa shape index (κ2) is 34.6. The second-order valence-corrected chi connectivity index (χ2v) is 35.4. The van der Waals surface area contributed by atoms with Crippen LogP contribution >= 0.6 is 34.7 Å². The third kappa shape index (κ3) is 21.0. The van der Waals surface area contributed by atoms with Crippen molar-refractivity contribution in [2.75, 3.05) is 88.0 Å². The van der Waals surface area contributed by atoms with Gasteiger partial charge in [-0.1, -0.05) is 113 Å². The minimum Gasteiger partial charge on any atom is -0.391 e. The van der Waals surface area contributed by atoms with Gasteiger partial charge < -0.3 is 35.8 Å². The monoisotopic (exact) mass is 1540 g/mol. The van der Waals surface area contributed by atoms with Gasteiger partial charge in [0.25, 0.3) is 25.8 Å². The highest BCUT2D eigenvalue weighted by Crippen LogP contribution is 2.44. The van der Waals surface area contributed by atoms with Crippen molar-refractivity contribution in [3.63, 3.8) is 0 Å². The van der Waals surface area contributed by atoms with Gasteiger partial charge in [0.15, 0.2) is 11.5 Å². The van der Waals surface area contributed by atoms with Crippen molar-refractivity contribution in [1.82, 2.24) is 50.1 Å². The highest BCUT2D eigenvalue weighted by Gasteiger charge is 2.49. The summed E-state index contributed by atoms with van der Waals surface area (Å²) in [7, 11) is -11.2. The summed E-state index contributed by atoms with van der Waals surface area (Å²) in [6.07, 6.45) is 4.23. The van der Waals surface area contributed by atoms with Gasteiger partial charge in [-0.3, -0.25) is 33.8 Å². The molecule has 30 heteroatoms. The number of anilines is 2. The first-order valence-corrected chi connectivity index (χ1v) is 40.8. The first-order chi connectivity index (χ1) is 49.7. The predicted molar refractivity (Wildman–Crippen MR) is 403 cm³/mol. The topological polar surface area (TPSA) is 277 Å². The summed E-state index contributed by atoms with van der Waals surface area (Å²) >= 11 is 9.14. The number of aliphatic hydroxyl groups is 1. The van der Waals surface area contributed by atoms with Crippen LogP contribution in [0, 0.1) is 17.8 Å². The minimum absolute atomic E-state index is 0.0452. The molecule has 3 fully saturated rings. The van der Waals surface area contributed by atoms with Crippen molar-refractivity contribution >= 4 is 101 Å². The summed E-state index contributed by atoms with van der Waals surface area (Å²) in [5.41, 5.74) is 1.19. The summed E-state index contributed by atoms with van der Waals surface area (Å²) in [5.74, 6) is -1.85. The molecule has 6 aromatic rings. The average Bonchev–Trinajstić information content (AvgIpc) is 0.849. The standard InChI is InChI=1S/C75H94ClF3N12O10S4/c1-49(51-18-20-53(21-19-51)68-50(2)80-48-103-68)81-71(96)63-42-57(92)46-91(63)72(97)69(73(3,4)5)83-66(93)16-12-9-13-17-67(94)90-40-34-87(35-41-90)33-31-56(47-102-58-14-10-8-11-15-58)82-61-27-26-59(43-64(61)104(98,99)75(77,78)79)105(100,101)86-70(95)62-28-29-65(85-84-62)89-38-36-88(37-39-89)45-54-44-74(6,7)32-30-60(54)52-22-24-55(76)25-23-52/h8,10-11,14-15,18-29,43,48-49,56-57,63,69,82,92H,9,12-13,16-17,30-42,44-47H2,1-7H3,(H,81,96)(H,83,93)(H,86,95)/t49-,56+,57+,63-,69+/m0/s1. The maximum atomic E-state index is 14.6. The average molecular weight is 1540 g/mol. The number of aryl methyl sites for hydroxylation is 1. The Labute approximate surface area is 626 Å². The number of nitrogens with one attached hydrogen (secondary N) is 4. The number of β-amino-alcohol motifs (C(OH)–C–C–N with tert-alkyl or cyclic N) is 1. The number of halogens is 4. The Bertz CT molecular complexity index is 4300. The highest BCUT2D eigenvalue weighted by atomic mass is 35.5. The van der Waals surface area contributed by atoms with Crippen LogP contribution in [0.4, 0.5) is 24.7 Å². The van der Waals surface area contributed by atoms with Gasteiger partial charge in [-0.15, -0.1) is 33.3 Å². The number of thiazole rings is 1. The van der Waals surface area contributed by atoms with E-state index in [9.17, 15) is 59.1 Å². The van der Waals surface area contributed by atoms with Gasteiger partial charge in [-0.2, -0.15) is 13.2 Å². The lowest BCUT2D eigenvalue weighted by molar-refractivity contribution is -0.144. The fourth-order valence-corrected chi connectivity index (χ4v) is 17.7. The van der Waals surface area contributed by atoms with E-state index >= 15 is 0 Å². The zero-order chi connectivity index (χ0) is 75.6. The number of likely N-dealkylation sites (tertiary alicyclic amines) is 1. The number of nitrogens with zero attached hydrogens (tertiary/aromatic N) is 8. The van der Waals surface area contributed by atoms with Crippen molar-refractivity contribution < 1.29 is 59.1 Å². The molecule has 5 amide bonds. The Morgan fingerprint density at radius 2 is 1.48 bits per heavy atom. The Morgan fingerprint density at radius 3 is 2.12 bits per heavy atom. The number of alkyl halides is 3. The van der Waals surface area contributed by atoms with Gasteiger partial charge in [-0.05, 0) is 140 Å². The van der Waals surface area contributed by atoms with Gasteiger partial charge in [0.2, 0.25) is 23.6 Å². The number of benzene rings is 4. The molecule has 4 aromatic carbocycles. The molecule has 5 atom stereocenters. The van der Waals surface area contributed by atoms with Crippen LogP contribution in [0.25, 0.3) is 16.0 Å². The number of piperazine rings is 2. The van der Waals surface area contributed by atoms with E-state index in [4.69, 9.17) is 11.6 Å². The maximum Gasteiger partial charge on any atom is 0.501 e. The van der Waals surface area contributed by atoms with Gasteiger partial charge >= 0.3 is 5.51 Å². The largest absolute Gasteiger partial charge is 0.501 e. The van der Waals surface area contributed by atoms with Crippen molar-refractivity contribution in [1.29, 1.82) is 0 Å². The van der Waals surface area contributed by atoms with Gasteiger partial charge in [0, 0.05) is 113 Å². The van der Waals surface area contributed by atoms with E-state index in [2.05, 4.69) is 66.9 Å². The molecule has 566 valence electrons. The number of aliphatic hydroxyl groups excluding tert-OH is 1. The number of thioether (sulfide) groups is 1. The Hall–Kier alpha value is -7.51. The smallest absolute Gasteiger partial charge is 0.391 e. The molecular weight excluding hydrogens is 1450 g/mol. The zero-order valence-electron chi connectivity index (χ0n) is 60.3. The van der Waals surface area contributed by atoms with E-state index in [0.29, 0.717) is 82.0 Å². The van der Waals surface area contributed by atoms with Crippen LogP contribution in [0.15, 0.2) is 135 Å². The third-order valence-corrected chi connectivity index (χ3v) is 25.1. The van der Waals surface area contributed by atoms with Crippen LogP contribution in [0.2, 0.25) is 5.02 Å². The first kappa shape index (κ1) is 80.0. The lowest BCUT2D eigenvalue weighted by Gasteiger charge is -2.39. The minimum atomic E-state index is -6.21. The summed E-state index contributed by atoms with van der Waals surface area (Å²) in [6.45, 7) is 19.3. The molecule has 3 aliphatic heterocycles. The molecule has 0 unspecified atom stereocenters. The number of sulfone groups is 1. The number of carbonyl (C=O) groups excluding carboxylic acids is 5. The summed E-state index contributed by atoms with van der Waals surface area (Å²) < 4.78 is 100. The summed E-state index contributed by atoms with van der Waals surface area (Å²) in [6, 6.07) is 27.0. The zero-order valence-corrected chi connectivity index (χ0v) is 64.3. The van der Waals surface area contributed by atoms with Gasteiger partial charge in [-0.25, -0.2) is 26.5 Å². The highest BCUT2D eigenvalue weighted by molar-refractivity contribution is 7.99. The van der Waals surface area contributed by atoms with E-state index in [-0.39, 0.29) is 55.2 Å². The molecule has 0 spiro atoms. The number of amides is 5. The quantitative estimate of drug-likeness (QED) is 0.0225. The Balaban J connectivity index is 0.690. The van der Waals surface area contributed by atoms with Crippen LogP contribution in [0.3, 0.4) is 0 Å². The van der Waals surface area contributed by atoms with E-state index in [0.717, 1.165) is 77.6 Å². The molecule has 105 heavy (non-hydrogen) atoms. The molecule has 0 saturated carbocycles. The third-order valence-electron chi connectivity index (χ3n) is 19.9. The predicted octanol–water partition coefficient (Wildman–Crippen LogP) is 11.2. The van der Waals surface area contributed by atoms with E-state index in [1.807, 2.05) is 111 Å². The van der Waals surface area contributed by atoms with E-state index in [1.54, 1.807) is 21.7 Å². The lowest BCUT2D eigenvalue weighted by Crippen LogP contribution is -2.57. The van der Waals surface area contributed by atoms with E-state index in [1.165, 1.54) is 45.5 Å². The maximum absolute atomic E-state index is 14.6. The number of sulfonamides is 1. The molecule has 10 rings (SSSR count). The number of carbonyl (C=O) groups is 5. The number of allylic oxidation sites excluding steroid dienone is 1. The molecule has 1 aliphatic carbocycles. The lowest BCUT2D eigenvalue weighted by atomic mass is 9.73. The number of aromatic nitrogens is 3. The van der Waals surface area contributed by atoms with Gasteiger partial charge in [0.1, 0.15) is 17.0 Å². The SMILES string of the molecule is Cc1ncsc1-c1ccc([C@H](C)NC(=O)[C@@H]2C[C@@H](O)CN2C(=O)[C@@H](NC(=O)CCCCCC(=O)N2CCN(CC[C@H](CSc3ccccc3)Nc3ccc(S(=O)(=O)NC(=O)c4ccc(N5CCN(CC6=C(c7ccc(Cl)cc7)CCC(C)(C)C6)CC5)nn4)cc3S(=O)(=O)C(F)(F)F)CC2)C(C)(C)C)cc1. The number of rotatable bonds is 28. The van der Waals surface area contributed by atoms with Crippen LogP contribution in [-0.4, -0.2) is 194 Å². The van der Waals surface area contributed by atoms with Crippen molar-refractivity contribution in [2.24, 2.45) is 10.8 Å². The van der Waals surface area contributed by atoms with Crippen molar-refractivity contribution in [3.8, 4) is 10.4 Å². The van der Waals surface area contributed by atoms with E-state index < -0.39 is 99.9 Å². The summed E-state index contributed by atoms with van der Waals surface area (Å²) in [4.78, 5) is 82.2. The Morgan fingerprint density at radius 1 is 0.800 bits per heavy atom. The van der Waals surface area contributed by atoms with Crippen LogP contribution in [0.1, 0.15) is 139 Å². The second-order valence-electron chi connectivity index (χ2n) is 29.4. The summed E-state index contributed by atoms with van der Waals surface area (Å²) in [5, 5.41) is 28.6. The number of hydrogen-bond donors (Lipinski definition) is 5. The van der Waals surface area contributed by atoms with Crippen LogP contribution in [-0.2, 0) is 39.0 Å². The van der Waals surface area contributed by atoms with Gasteiger partial charge in [0.05, 0.1) is 38.8 Å². The fraction of sp³-hybridized carbons (Fsp3) is 0.493. The molecule has 0 bridgehead atoms. The van der Waals surface area contributed by atoms with Crippen molar-refractivity contribution in [2.45, 2.75) is 163 Å². The van der Waals surface area contributed by atoms with Crippen LogP contribution < -0.4 is 25.6 Å². The van der Waals surface area contributed by atoms with Crippen molar-refractivity contribution in [3.05, 3.63) is 148 Å². The molecule has 5 N–H and O–H groups in total. The molecule has 2 aromatic heterocycles. The molecule has 4 aliphatic rings. The first-order valence-electron chi connectivity index (χ1n) is 35.6. The van der Waals surface area contributed by atoms with Crippen LogP contribution in [0.5, 0.6) is 0 Å². The number of unbranched alkanes of at least 4 members (excludes halogenated alkanes) is 2. The normalized spacial score (nSPS) is 18.7.